The second-order valence-electron chi connectivity index (χ2n) is 3.37. The number of halogens is 2. The normalized spacial score (nSPS) is 10.7. The summed E-state index contributed by atoms with van der Waals surface area (Å²) in [6, 6.07) is 0.791. The number of aliphatic hydroxyl groups excluding tert-OH is 1. The average Bonchev–Trinajstić information content (AvgIpc) is 2.25. The predicted molar refractivity (Wildman–Crippen MR) is 56.7 cm³/mol. The van der Waals surface area contributed by atoms with Crippen LogP contribution in [0.1, 0.15) is 10.5 Å². The van der Waals surface area contributed by atoms with Crippen molar-refractivity contribution in [2.45, 2.75) is 6.43 Å². The van der Waals surface area contributed by atoms with Crippen LogP contribution in [0.25, 0.3) is 0 Å². The summed E-state index contributed by atoms with van der Waals surface area (Å²) < 4.78 is 24.5. The fraction of sp³-hybridized carbons (Fsp3) is 0.444. The Balaban J connectivity index is 3.01. The van der Waals surface area contributed by atoms with Gasteiger partial charge in [0.05, 0.1) is 13.2 Å². The van der Waals surface area contributed by atoms with Gasteiger partial charge in [0.1, 0.15) is 5.69 Å². The van der Waals surface area contributed by atoms with Crippen molar-refractivity contribution in [2.75, 3.05) is 19.7 Å². The lowest BCUT2D eigenvalue weighted by Gasteiger charge is -2.20. The number of nitrogens with one attached hydrogen (secondary N) is 2. The Labute approximate surface area is 99.1 Å². The SMILES string of the molecule is O=C(c1cc(=O)[nH]c(=O)[nH]1)N(CCO)CC(F)F. The van der Waals surface area contributed by atoms with Crippen molar-refractivity contribution in [1.82, 2.24) is 14.9 Å². The van der Waals surface area contributed by atoms with Gasteiger partial charge in [-0.2, -0.15) is 0 Å². The summed E-state index contributed by atoms with van der Waals surface area (Å²) >= 11 is 0. The zero-order valence-corrected chi connectivity index (χ0v) is 9.15. The Morgan fingerprint density at radius 1 is 1.39 bits per heavy atom. The molecule has 3 N–H and O–H groups in total. The summed E-state index contributed by atoms with van der Waals surface area (Å²) in [5, 5.41) is 8.68. The molecule has 1 aromatic rings. The number of carbonyl (C=O) groups excluding carboxylic acids is 1. The number of amides is 1. The van der Waals surface area contributed by atoms with Crippen LogP contribution in [0.2, 0.25) is 0 Å². The van der Waals surface area contributed by atoms with E-state index in [-0.39, 0.29) is 6.54 Å². The van der Waals surface area contributed by atoms with Gasteiger partial charge < -0.3 is 15.0 Å². The zero-order chi connectivity index (χ0) is 13.7. The molecule has 9 heteroatoms. The van der Waals surface area contributed by atoms with E-state index in [2.05, 4.69) is 0 Å². The number of aromatic nitrogens is 2. The van der Waals surface area contributed by atoms with E-state index in [9.17, 15) is 23.2 Å². The van der Waals surface area contributed by atoms with Crippen molar-refractivity contribution in [3.05, 3.63) is 32.6 Å². The van der Waals surface area contributed by atoms with Gasteiger partial charge in [-0.1, -0.05) is 0 Å². The molecule has 0 aromatic carbocycles. The van der Waals surface area contributed by atoms with Gasteiger partial charge in [0.15, 0.2) is 0 Å². The van der Waals surface area contributed by atoms with Gasteiger partial charge in [0.2, 0.25) is 0 Å². The Bertz CT molecular complexity index is 497. The monoisotopic (exact) mass is 263 g/mol. The van der Waals surface area contributed by atoms with Crippen LogP contribution in [0.5, 0.6) is 0 Å². The molecule has 0 bridgehead atoms. The molecule has 0 saturated heterocycles. The van der Waals surface area contributed by atoms with E-state index in [0.717, 1.165) is 6.07 Å². The minimum atomic E-state index is -2.78. The van der Waals surface area contributed by atoms with E-state index >= 15 is 0 Å². The molecular formula is C9H11F2N3O4. The molecule has 1 heterocycles. The molecule has 0 fully saturated rings. The van der Waals surface area contributed by atoms with Crippen LogP contribution in [0.15, 0.2) is 15.7 Å². The van der Waals surface area contributed by atoms with E-state index in [1.807, 2.05) is 9.97 Å². The van der Waals surface area contributed by atoms with Crippen molar-refractivity contribution >= 4 is 5.91 Å². The maximum atomic E-state index is 12.2. The fourth-order valence-corrected chi connectivity index (χ4v) is 1.32. The number of hydrogen-bond acceptors (Lipinski definition) is 4. The minimum absolute atomic E-state index is 0.321. The van der Waals surface area contributed by atoms with Gasteiger partial charge in [0.25, 0.3) is 17.9 Å². The van der Waals surface area contributed by atoms with Crippen molar-refractivity contribution in [3.8, 4) is 0 Å². The third kappa shape index (κ3) is 3.77. The third-order valence-corrected chi connectivity index (χ3v) is 2.01. The largest absolute Gasteiger partial charge is 0.395 e. The lowest BCUT2D eigenvalue weighted by molar-refractivity contribution is 0.0504. The second-order valence-corrected chi connectivity index (χ2v) is 3.37. The highest BCUT2D eigenvalue weighted by Gasteiger charge is 2.20. The van der Waals surface area contributed by atoms with Crippen LogP contribution in [-0.2, 0) is 0 Å². The first-order chi connectivity index (χ1) is 8.43. The van der Waals surface area contributed by atoms with Crippen molar-refractivity contribution in [3.63, 3.8) is 0 Å². The molecule has 1 rings (SSSR count). The molecule has 0 radical (unpaired) electrons. The third-order valence-electron chi connectivity index (χ3n) is 2.01. The zero-order valence-electron chi connectivity index (χ0n) is 9.15. The highest BCUT2D eigenvalue weighted by atomic mass is 19.3. The number of rotatable bonds is 5. The molecule has 0 spiro atoms. The van der Waals surface area contributed by atoms with Gasteiger partial charge >= 0.3 is 5.69 Å². The summed E-state index contributed by atoms with van der Waals surface area (Å²) in [5.74, 6) is -0.951. The van der Waals surface area contributed by atoms with Crippen LogP contribution < -0.4 is 11.2 Å². The number of alkyl halides is 2. The number of nitrogens with zero attached hydrogens (tertiary/aromatic N) is 1. The topological polar surface area (TPSA) is 106 Å². The Morgan fingerprint density at radius 3 is 2.56 bits per heavy atom. The predicted octanol–water partition coefficient (Wildman–Crippen LogP) is -1.24. The lowest BCUT2D eigenvalue weighted by atomic mass is 10.3. The molecule has 1 aromatic heterocycles. The first-order valence-electron chi connectivity index (χ1n) is 4.96. The summed E-state index contributed by atoms with van der Waals surface area (Å²) in [7, 11) is 0. The molecule has 0 aliphatic rings. The van der Waals surface area contributed by atoms with E-state index < -0.39 is 42.4 Å². The Morgan fingerprint density at radius 2 is 2.06 bits per heavy atom. The minimum Gasteiger partial charge on any atom is -0.395 e. The molecule has 100 valence electrons. The van der Waals surface area contributed by atoms with Crippen molar-refractivity contribution in [2.24, 2.45) is 0 Å². The highest BCUT2D eigenvalue weighted by Crippen LogP contribution is 2.02. The molecule has 0 aliphatic carbocycles. The van der Waals surface area contributed by atoms with Crippen molar-refractivity contribution in [1.29, 1.82) is 0 Å². The average molecular weight is 263 g/mol. The van der Waals surface area contributed by atoms with Gasteiger partial charge in [0, 0.05) is 12.6 Å². The standard InChI is InChI=1S/C9H11F2N3O4/c10-6(11)4-14(1-2-15)8(17)5-3-7(16)13-9(18)12-5/h3,6,15H,1-2,4H2,(H2,12,13,16,18). The maximum absolute atomic E-state index is 12.2. The van der Waals surface area contributed by atoms with E-state index in [1.165, 1.54) is 0 Å². The molecule has 7 nitrogen and oxygen atoms in total. The van der Waals surface area contributed by atoms with E-state index in [1.54, 1.807) is 0 Å². The highest BCUT2D eigenvalue weighted by molar-refractivity contribution is 5.92. The maximum Gasteiger partial charge on any atom is 0.326 e. The van der Waals surface area contributed by atoms with Crippen LogP contribution >= 0.6 is 0 Å². The summed E-state index contributed by atoms with van der Waals surface area (Å²) in [6.45, 7) is -1.72. The number of hydrogen-bond donors (Lipinski definition) is 3. The van der Waals surface area contributed by atoms with Crippen molar-refractivity contribution < 1.29 is 18.7 Å². The van der Waals surface area contributed by atoms with E-state index in [4.69, 9.17) is 5.11 Å². The Hall–Kier alpha value is -2.03. The quantitative estimate of drug-likeness (QED) is 0.618. The molecule has 18 heavy (non-hydrogen) atoms. The lowest BCUT2D eigenvalue weighted by Crippen LogP contribution is -2.39. The van der Waals surface area contributed by atoms with Gasteiger partial charge in [-0.3, -0.25) is 14.6 Å². The summed E-state index contributed by atoms with van der Waals surface area (Å²) in [5.41, 5.74) is -2.13. The fourth-order valence-electron chi connectivity index (χ4n) is 1.32. The van der Waals surface area contributed by atoms with Gasteiger partial charge in [-0.05, 0) is 0 Å². The van der Waals surface area contributed by atoms with Crippen LogP contribution in [0.3, 0.4) is 0 Å². The molecule has 0 saturated carbocycles. The number of H-pyrrole nitrogens is 2. The Kier molecular flexibility index (Phi) is 4.72. The first kappa shape index (κ1) is 14.0. The summed E-state index contributed by atoms with van der Waals surface area (Å²) in [6.07, 6.45) is -2.78. The summed E-state index contributed by atoms with van der Waals surface area (Å²) in [4.78, 5) is 38.2. The first-order valence-corrected chi connectivity index (χ1v) is 4.96. The molecular weight excluding hydrogens is 252 g/mol. The van der Waals surface area contributed by atoms with Crippen LogP contribution in [-0.4, -0.2) is 52.0 Å². The number of aromatic amines is 2. The van der Waals surface area contributed by atoms with Gasteiger partial charge in [-0.15, -0.1) is 0 Å². The number of aliphatic hydroxyl groups is 1. The van der Waals surface area contributed by atoms with E-state index in [0.29, 0.717) is 4.90 Å². The number of carbonyl (C=O) groups is 1. The van der Waals surface area contributed by atoms with Gasteiger partial charge in [-0.25, -0.2) is 13.6 Å². The second kappa shape index (κ2) is 6.05. The molecule has 0 unspecified atom stereocenters. The molecule has 0 atom stereocenters. The smallest absolute Gasteiger partial charge is 0.326 e. The van der Waals surface area contributed by atoms with Crippen LogP contribution in [0, 0.1) is 0 Å². The molecule has 0 aliphatic heterocycles. The molecule has 1 amide bonds. The van der Waals surface area contributed by atoms with Crippen LogP contribution in [0.4, 0.5) is 8.78 Å².